The third kappa shape index (κ3) is 2.59. The highest BCUT2D eigenvalue weighted by molar-refractivity contribution is 5.80. The maximum absolute atomic E-state index is 10.5. The predicted octanol–water partition coefficient (Wildman–Crippen LogP) is 1.75. The standard InChI is InChI=1S/C12H19NO2/c1-9(5-12(14)15)6-13-7-10-3-2-4-11(10)8-13/h5,10-11H,2-4,6-8H2,1H3,(H,14,15). The smallest absolute Gasteiger partial charge is 0.328 e. The molecular formula is C12H19NO2. The van der Waals surface area contributed by atoms with Crippen molar-refractivity contribution in [2.24, 2.45) is 11.8 Å². The molecule has 1 saturated carbocycles. The lowest BCUT2D eigenvalue weighted by Gasteiger charge is -2.16. The number of likely N-dealkylation sites (tertiary alicyclic amines) is 1. The van der Waals surface area contributed by atoms with Crippen molar-refractivity contribution in [1.29, 1.82) is 0 Å². The molecule has 0 aromatic heterocycles. The molecule has 1 aliphatic carbocycles. The average Bonchev–Trinajstić information content (AvgIpc) is 2.60. The van der Waals surface area contributed by atoms with E-state index in [-0.39, 0.29) is 0 Å². The highest BCUT2D eigenvalue weighted by Crippen LogP contribution is 2.37. The first kappa shape index (κ1) is 10.7. The van der Waals surface area contributed by atoms with E-state index < -0.39 is 5.97 Å². The molecule has 0 aromatic rings. The van der Waals surface area contributed by atoms with Crippen molar-refractivity contribution < 1.29 is 9.90 Å². The number of aliphatic carboxylic acids is 1. The Labute approximate surface area is 90.8 Å². The summed E-state index contributed by atoms with van der Waals surface area (Å²) < 4.78 is 0. The van der Waals surface area contributed by atoms with E-state index in [2.05, 4.69) is 4.90 Å². The van der Waals surface area contributed by atoms with Crippen LogP contribution >= 0.6 is 0 Å². The van der Waals surface area contributed by atoms with Crippen molar-refractivity contribution in [2.45, 2.75) is 26.2 Å². The Balaban J connectivity index is 1.84. The molecule has 84 valence electrons. The van der Waals surface area contributed by atoms with Gasteiger partial charge in [0.15, 0.2) is 0 Å². The molecule has 2 rings (SSSR count). The molecular weight excluding hydrogens is 190 g/mol. The Hall–Kier alpha value is -0.830. The summed E-state index contributed by atoms with van der Waals surface area (Å²) in [5.74, 6) is 0.956. The second-order valence-electron chi connectivity index (χ2n) is 4.97. The molecule has 3 heteroatoms. The number of nitrogens with zero attached hydrogens (tertiary/aromatic N) is 1. The van der Waals surface area contributed by atoms with Crippen LogP contribution in [0, 0.1) is 11.8 Å². The Bertz CT molecular complexity index is 273. The van der Waals surface area contributed by atoms with Crippen molar-refractivity contribution in [3.63, 3.8) is 0 Å². The molecule has 3 nitrogen and oxygen atoms in total. The highest BCUT2D eigenvalue weighted by atomic mass is 16.4. The number of hydrogen-bond acceptors (Lipinski definition) is 2. The molecule has 0 amide bonds. The molecule has 2 fully saturated rings. The third-order valence-corrected chi connectivity index (χ3v) is 3.64. The van der Waals surface area contributed by atoms with Crippen LogP contribution in [0.15, 0.2) is 11.6 Å². The average molecular weight is 209 g/mol. The van der Waals surface area contributed by atoms with E-state index in [0.717, 1.165) is 24.0 Å². The fourth-order valence-corrected chi connectivity index (χ4v) is 3.07. The van der Waals surface area contributed by atoms with Gasteiger partial charge in [-0.3, -0.25) is 4.90 Å². The number of carboxylic acid groups (broad SMARTS) is 1. The van der Waals surface area contributed by atoms with Gasteiger partial charge in [-0.1, -0.05) is 12.0 Å². The molecule has 1 N–H and O–H groups in total. The molecule has 2 unspecified atom stereocenters. The van der Waals surface area contributed by atoms with Crippen LogP contribution in [0.2, 0.25) is 0 Å². The quantitative estimate of drug-likeness (QED) is 0.720. The number of hydrogen-bond donors (Lipinski definition) is 1. The SMILES string of the molecule is CC(=CC(=O)O)CN1CC2CCCC2C1. The van der Waals surface area contributed by atoms with E-state index in [9.17, 15) is 4.79 Å². The lowest BCUT2D eigenvalue weighted by molar-refractivity contribution is -0.131. The number of fused-ring (bicyclic) bond motifs is 1. The molecule has 15 heavy (non-hydrogen) atoms. The molecule has 0 aromatic carbocycles. The van der Waals surface area contributed by atoms with Gasteiger partial charge in [-0.2, -0.15) is 0 Å². The summed E-state index contributed by atoms with van der Waals surface area (Å²) in [4.78, 5) is 12.9. The molecule has 1 aliphatic heterocycles. The number of carbonyl (C=O) groups is 1. The number of rotatable bonds is 3. The molecule has 1 saturated heterocycles. The van der Waals surface area contributed by atoms with Crippen molar-refractivity contribution in [3.05, 3.63) is 11.6 Å². The Morgan fingerprint density at radius 2 is 2.00 bits per heavy atom. The van der Waals surface area contributed by atoms with Gasteiger partial charge in [0, 0.05) is 25.7 Å². The van der Waals surface area contributed by atoms with E-state index in [0.29, 0.717) is 0 Å². The van der Waals surface area contributed by atoms with Crippen LogP contribution in [0.5, 0.6) is 0 Å². The van der Waals surface area contributed by atoms with Gasteiger partial charge in [-0.05, 0) is 31.6 Å². The normalized spacial score (nSPS) is 31.9. The van der Waals surface area contributed by atoms with Gasteiger partial charge in [-0.15, -0.1) is 0 Å². The zero-order chi connectivity index (χ0) is 10.8. The van der Waals surface area contributed by atoms with Gasteiger partial charge >= 0.3 is 5.97 Å². The third-order valence-electron chi connectivity index (χ3n) is 3.64. The van der Waals surface area contributed by atoms with Crippen molar-refractivity contribution in [3.8, 4) is 0 Å². The maximum Gasteiger partial charge on any atom is 0.328 e. The van der Waals surface area contributed by atoms with Gasteiger partial charge in [-0.25, -0.2) is 4.79 Å². The minimum Gasteiger partial charge on any atom is -0.478 e. The summed E-state index contributed by atoms with van der Waals surface area (Å²) in [6.07, 6.45) is 5.48. The first-order valence-corrected chi connectivity index (χ1v) is 5.77. The van der Waals surface area contributed by atoms with E-state index >= 15 is 0 Å². The number of carboxylic acids is 1. The second-order valence-corrected chi connectivity index (χ2v) is 4.97. The van der Waals surface area contributed by atoms with Gasteiger partial charge < -0.3 is 5.11 Å². The largest absolute Gasteiger partial charge is 0.478 e. The van der Waals surface area contributed by atoms with Crippen LogP contribution in [0.4, 0.5) is 0 Å². The summed E-state index contributed by atoms with van der Waals surface area (Å²) in [7, 11) is 0. The molecule has 0 radical (unpaired) electrons. The molecule has 2 aliphatic rings. The zero-order valence-corrected chi connectivity index (χ0v) is 9.28. The van der Waals surface area contributed by atoms with E-state index in [4.69, 9.17) is 5.11 Å². The van der Waals surface area contributed by atoms with Crippen molar-refractivity contribution >= 4 is 5.97 Å². The second kappa shape index (κ2) is 4.35. The minimum atomic E-state index is -0.827. The maximum atomic E-state index is 10.5. The van der Waals surface area contributed by atoms with Gasteiger partial charge in [0.2, 0.25) is 0 Å². The van der Waals surface area contributed by atoms with E-state index in [1.54, 1.807) is 0 Å². The minimum absolute atomic E-state index is 0.827. The lowest BCUT2D eigenvalue weighted by atomic mass is 10.0. The highest BCUT2D eigenvalue weighted by Gasteiger charge is 2.35. The Kier molecular flexibility index (Phi) is 3.10. The molecule has 0 bridgehead atoms. The predicted molar refractivity (Wildman–Crippen MR) is 58.7 cm³/mol. The van der Waals surface area contributed by atoms with Crippen LogP contribution < -0.4 is 0 Å². The summed E-state index contributed by atoms with van der Waals surface area (Å²) in [6, 6.07) is 0. The summed E-state index contributed by atoms with van der Waals surface area (Å²) >= 11 is 0. The fraction of sp³-hybridized carbons (Fsp3) is 0.750. The topological polar surface area (TPSA) is 40.5 Å². The Morgan fingerprint density at radius 1 is 1.40 bits per heavy atom. The first-order chi connectivity index (χ1) is 7.15. The van der Waals surface area contributed by atoms with Crippen LogP contribution in [-0.4, -0.2) is 35.6 Å². The molecule has 2 atom stereocenters. The first-order valence-electron chi connectivity index (χ1n) is 5.77. The van der Waals surface area contributed by atoms with Crippen molar-refractivity contribution in [1.82, 2.24) is 4.90 Å². The van der Waals surface area contributed by atoms with Crippen molar-refractivity contribution in [2.75, 3.05) is 19.6 Å². The van der Waals surface area contributed by atoms with E-state index in [1.165, 1.54) is 38.4 Å². The summed E-state index contributed by atoms with van der Waals surface area (Å²) in [6.45, 7) is 5.09. The fourth-order valence-electron chi connectivity index (χ4n) is 3.07. The van der Waals surface area contributed by atoms with Crippen LogP contribution in [0.3, 0.4) is 0 Å². The van der Waals surface area contributed by atoms with Gasteiger partial charge in [0.05, 0.1) is 0 Å². The zero-order valence-electron chi connectivity index (χ0n) is 9.28. The van der Waals surface area contributed by atoms with E-state index in [1.807, 2.05) is 6.92 Å². The van der Waals surface area contributed by atoms with Gasteiger partial charge in [0.1, 0.15) is 0 Å². The van der Waals surface area contributed by atoms with Gasteiger partial charge in [0.25, 0.3) is 0 Å². The monoisotopic (exact) mass is 209 g/mol. The molecule has 1 heterocycles. The lowest BCUT2D eigenvalue weighted by Crippen LogP contribution is -2.23. The van der Waals surface area contributed by atoms with Crippen LogP contribution in [0.25, 0.3) is 0 Å². The summed E-state index contributed by atoms with van der Waals surface area (Å²) in [5, 5.41) is 8.62. The van der Waals surface area contributed by atoms with Crippen LogP contribution in [-0.2, 0) is 4.79 Å². The Morgan fingerprint density at radius 3 is 2.53 bits per heavy atom. The van der Waals surface area contributed by atoms with Crippen LogP contribution in [0.1, 0.15) is 26.2 Å². The molecule has 0 spiro atoms. The summed E-state index contributed by atoms with van der Waals surface area (Å²) in [5.41, 5.74) is 0.961.